The molecule has 39 heavy (non-hydrogen) atoms. The van der Waals surface area contributed by atoms with Gasteiger partial charge in [0.1, 0.15) is 11.9 Å². The summed E-state index contributed by atoms with van der Waals surface area (Å²) in [5, 5.41) is 20.1. The maximum absolute atomic E-state index is 12.8. The SMILES string of the molecule is CCCCC[C@@H](CC[C@@H]1[C@H]2Cc3cccc(OCC(=O)O)c3C[C@H]2C[C@H]1O)OC(=O)CCc1ccc(C)cc1. The zero-order chi connectivity index (χ0) is 27.8. The van der Waals surface area contributed by atoms with Crippen molar-refractivity contribution in [3.8, 4) is 5.75 Å². The molecule has 0 heterocycles. The van der Waals surface area contributed by atoms with E-state index in [2.05, 4.69) is 44.2 Å². The molecule has 6 nitrogen and oxygen atoms in total. The van der Waals surface area contributed by atoms with Crippen molar-refractivity contribution < 1.29 is 29.3 Å². The number of carbonyl (C=O) groups is 2. The molecule has 0 unspecified atom stereocenters. The van der Waals surface area contributed by atoms with Crippen LogP contribution in [0.1, 0.15) is 80.5 Å². The summed E-state index contributed by atoms with van der Waals surface area (Å²) in [7, 11) is 0. The minimum Gasteiger partial charge on any atom is -0.482 e. The number of ether oxygens (including phenoxy) is 2. The predicted molar refractivity (Wildman–Crippen MR) is 151 cm³/mol. The van der Waals surface area contributed by atoms with Gasteiger partial charge in [0.2, 0.25) is 0 Å². The predicted octanol–water partition coefficient (Wildman–Crippen LogP) is 6.08. The number of carboxylic acid groups (broad SMARTS) is 1. The number of carbonyl (C=O) groups excluding carboxylic acids is 1. The van der Waals surface area contributed by atoms with Gasteiger partial charge < -0.3 is 19.7 Å². The Balaban J connectivity index is 1.35. The number of benzene rings is 2. The third kappa shape index (κ3) is 8.07. The number of aliphatic carboxylic acids is 1. The number of fused-ring (bicyclic) bond motifs is 2. The van der Waals surface area contributed by atoms with Crippen molar-refractivity contribution in [1.29, 1.82) is 0 Å². The third-order valence-corrected chi connectivity index (χ3v) is 8.69. The van der Waals surface area contributed by atoms with Crippen LogP contribution in [-0.2, 0) is 33.6 Å². The summed E-state index contributed by atoms with van der Waals surface area (Å²) in [4.78, 5) is 23.8. The molecule has 0 aromatic heterocycles. The molecule has 2 aromatic carbocycles. The second-order valence-electron chi connectivity index (χ2n) is 11.5. The minimum absolute atomic E-state index is 0.111. The maximum atomic E-state index is 12.8. The van der Waals surface area contributed by atoms with Crippen LogP contribution in [0.2, 0.25) is 0 Å². The van der Waals surface area contributed by atoms with Gasteiger partial charge >= 0.3 is 11.9 Å². The largest absolute Gasteiger partial charge is 0.482 e. The Bertz CT molecular complexity index is 1090. The monoisotopic (exact) mass is 536 g/mol. The Hall–Kier alpha value is -2.86. The van der Waals surface area contributed by atoms with Gasteiger partial charge in [-0.05, 0) is 98.8 Å². The number of hydrogen-bond acceptors (Lipinski definition) is 5. The average molecular weight is 537 g/mol. The normalized spacial score (nSPS) is 22.5. The molecule has 0 bridgehead atoms. The molecular formula is C33H44O6. The summed E-state index contributed by atoms with van der Waals surface area (Å²) >= 11 is 0. The number of esters is 1. The van der Waals surface area contributed by atoms with Crippen LogP contribution in [0.5, 0.6) is 5.75 Å². The molecule has 1 fully saturated rings. The van der Waals surface area contributed by atoms with E-state index in [9.17, 15) is 14.7 Å². The molecule has 5 atom stereocenters. The first kappa shape index (κ1) is 29.1. The minimum atomic E-state index is -0.984. The van der Waals surface area contributed by atoms with Crippen LogP contribution >= 0.6 is 0 Å². The fourth-order valence-corrected chi connectivity index (χ4v) is 6.59. The third-order valence-electron chi connectivity index (χ3n) is 8.69. The molecule has 2 aromatic rings. The molecule has 2 aliphatic rings. The van der Waals surface area contributed by atoms with Gasteiger partial charge in [0.05, 0.1) is 6.10 Å². The molecule has 212 valence electrons. The van der Waals surface area contributed by atoms with Crippen LogP contribution in [-0.4, -0.2) is 41.0 Å². The Kier molecular flexibility index (Phi) is 10.4. The Morgan fingerprint density at radius 3 is 2.59 bits per heavy atom. The van der Waals surface area contributed by atoms with Crippen molar-refractivity contribution in [1.82, 2.24) is 0 Å². The summed E-state index contributed by atoms with van der Waals surface area (Å²) < 4.78 is 11.6. The van der Waals surface area contributed by atoms with E-state index < -0.39 is 5.97 Å². The van der Waals surface area contributed by atoms with Crippen molar-refractivity contribution in [2.75, 3.05) is 6.61 Å². The van der Waals surface area contributed by atoms with E-state index in [1.165, 1.54) is 11.1 Å². The van der Waals surface area contributed by atoms with Crippen LogP contribution < -0.4 is 4.74 Å². The smallest absolute Gasteiger partial charge is 0.341 e. The number of carboxylic acids is 1. The van der Waals surface area contributed by atoms with E-state index in [1.807, 2.05) is 12.1 Å². The van der Waals surface area contributed by atoms with Crippen LogP contribution in [0.25, 0.3) is 0 Å². The number of hydrogen-bond donors (Lipinski definition) is 2. The lowest BCUT2D eigenvalue weighted by molar-refractivity contribution is -0.150. The first-order valence-corrected chi connectivity index (χ1v) is 14.7. The van der Waals surface area contributed by atoms with Gasteiger partial charge in [0, 0.05) is 6.42 Å². The first-order chi connectivity index (χ1) is 18.8. The lowest BCUT2D eigenvalue weighted by Gasteiger charge is -2.32. The van der Waals surface area contributed by atoms with E-state index in [0.29, 0.717) is 30.4 Å². The van der Waals surface area contributed by atoms with Gasteiger partial charge in [-0.3, -0.25) is 4.79 Å². The van der Waals surface area contributed by atoms with E-state index in [1.54, 1.807) is 0 Å². The highest BCUT2D eigenvalue weighted by Gasteiger charge is 2.45. The zero-order valence-corrected chi connectivity index (χ0v) is 23.4. The number of aliphatic hydroxyl groups excluding tert-OH is 1. The number of aryl methyl sites for hydroxylation is 2. The highest BCUT2D eigenvalue weighted by Crippen LogP contribution is 2.48. The molecule has 0 aliphatic heterocycles. The zero-order valence-electron chi connectivity index (χ0n) is 23.4. The molecule has 0 amide bonds. The fraction of sp³-hybridized carbons (Fsp3) is 0.576. The Morgan fingerprint density at radius 1 is 1.05 bits per heavy atom. The van der Waals surface area contributed by atoms with Crippen molar-refractivity contribution in [3.63, 3.8) is 0 Å². The van der Waals surface area contributed by atoms with E-state index in [4.69, 9.17) is 14.6 Å². The summed E-state index contributed by atoms with van der Waals surface area (Å²) in [6, 6.07) is 14.2. The number of unbranched alkanes of at least 4 members (excludes halogenated alkanes) is 2. The Labute approximate surface area is 232 Å². The lowest BCUT2D eigenvalue weighted by atomic mass is 9.73. The molecule has 4 rings (SSSR count). The molecule has 1 saturated carbocycles. The summed E-state index contributed by atoms with van der Waals surface area (Å²) in [5.74, 6) is 0.425. The summed E-state index contributed by atoms with van der Waals surface area (Å²) in [6.07, 6.45) is 8.77. The number of aliphatic hydroxyl groups is 1. The van der Waals surface area contributed by atoms with E-state index in [0.717, 1.165) is 68.9 Å². The quantitative estimate of drug-likeness (QED) is 0.225. The molecule has 0 radical (unpaired) electrons. The van der Waals surface area contributed by atoms with Gasteiger partial charge in [-0.15, -0.1) is 0 Å². The molecule has 0 spiro atoms. The second kappa shape index (κ2) is 14.0. The number of rotatable bonds is 14. The standard InChI is InChI=1S/C33H44O6/c1-3-4-5-8-26(39-33(37)17-14-23-12-10-22(2)11-13-23)15-16-27-28-18-24-7-6-9-31(38-21-32(35)36)29(24)19-25(28)20-30(27)34/h6-7,9-13,25-28,30,34H,3-5,8,14-21H2,1-2H3,(H,35,36)/t25-,26-,27+,28-,30+/m0/s1. The van der Waals surface area contributed by atoms with Crippen LogP contribution in [0.15, 0.2) is 42.5 Å². The molecule has 2 aliphatic carbocycles. The van der Waals surface area contributed by atoms with Crippen LogP contribution in [0.4, 0.5) is 0 Å². The molecule has 6 heteroatoms. The maximum Gasteiger partial charge on any atom is 0.341 e. The van der Waals surface area contributed by atoms with Gasteiger partial charge in [-0.2, -0.15) is 0 Å². The van der Waals surface area contributed by atoms with Crippen molar-refractivity contribution in [2.24, 2.45) is 17.8 Å². The second-order valence-corrected chi connectivity index (χ2v) is 11.5. The summed E-state index contributed by atoms with van der Waals surface area (Å²) in [6.45, 7) is 3.89. The molecular weight excluding hydrogens is 492 g/mol. The topological polar surface area (TPSA) is 93.1 Å². The molecule has 0 saturated heterocycles. The van der Waals surface area contributed by atoms with Gasteiger partial charge in [0.15, 0.2) is 6.61 Å². The van der Waals surface area contributed by atoms with Crippen molar-refractivity contribution in [3.05, 3.63) is 64.7 Å². The Morgan fingerprint density at radius 2 is 1.85 bits per heavy atom. The van der Waals surface area contributed by atoms with E-state index >= 15 is 0 Å². The molecule has 2 N–H and O–H groups in total. The van der Waals surface area contributed by atoms with Crippen molar-refractivity contribution >= 4 is 11.9 Å². The fourth-order valence-electron chi connectivity index (χ4n) is 6.59. The van der Waals surface area contributed by atoms with Crippen molar-refractivity contribution in [2.45, 2.75) is 96.7 Å². The highest BCUT2D eigenvalue weighted by molar-refractivity contribution is 5.70. The van der Waals surface area contributed by atoms with E-state index in [-0.39, 0.29) is 30.7 Å². The average Bonchev–Trinajstić information content (AvgIpc) is 3.22. The van der Waals surface area contributed by atoms with Crippen LogP contribution in [0, 0.1) is 24.7 Å². The van der Waals surface area contributed by atoms with Gasteiger partial charge in [-0.25, -0.2) is 4.79 Å². The lowest BCUT2D eigenvalue weighted by Crippen LogP contribution is -2.29. The highest BCUT2D eigenvalue weighted by atomic mass is 16.5. The van der Waals surface area contributed by atoms with Gasteiger partial charge in [-0.1, -0.05) is 61.7 Å². The summed E-state index contributed by atoms with van der Waals surface area (Å²) in [5.41, 5.74) is 4.64. The van der Waals surface area contributed by atoms with Gasteiger partial charge in [0.25, 0.3) is 0 Å². The first-order valence-electron chi connectivity index (χ1n) is 14.7. The van der Waals surface area contributed by atoms with Crippen LogP contribution in [0.3, 0.4) is 0 Å².